The molecule has 1 aromatic carbocycles. The second-order valence-electron chi connectivity index (χ2n) is 4.53. The fourth-order valence-corrected chi connectivity index (χ4v) is 2.06. The lowest BCUT2D eigenvalue weighted by Crippen LogP contribution is -2.24. The third-order valence-corrected chi connectivity index (χ3v) is 3.37. The molecule has 0 bridgehead atoms. The van der Waals surface area contributed by atoms with E-state index < -0.39 is 0 Å². The molecule has 0 aliphatic heterocycles. The van der Waals surface area contributed by atoms with Crippen LogP contribution in [0.2, 0.25) is 0 Å². The van der Waals surface area contributed by atoms with E-state index in [4.69, 9.17) is 0 Å². The number of anilines is 1. The zero-order valence-electron chi connectivity index (χ0n) is 10.1. The lowest BCUT2D eigenvalue weighted by Gasteiger charge is -2.25. The second kappa shape index (κ2) is 4.42. The lowest BCUT2D eigenvalue weighted by molar-refractivity contribution is 0.560. The molecule has 3 heteroatoms. The van der Waals surface area contributed by atoms with Crippen molar-refractivity contribution < 1.29 is 4.39 Å². The highest BCUT2D eigenvalue weighted by Gasteiger charge is 2.29. The summed E-state index contributed by atoms with van der Waals surface area (Å²) in [6.45, 7) is 1.99. The lowest BCUT2D eigenvalue weighted by atomic mass is 10.0. The highest BCUT2D eigenvalue weighted by Crippen LogP contribution is 2.35. The minimum Gasteiger partial charge on any atom is -0.371 e. The van der Waals surface area contributed by atoms with E-state index in [-0.39, 0.29) is 11.9 Å². The van der Waals surface area contributed by atoms with Gasteiger partial charge in [0.05, 0.1) is 0 Å². The van der Waals surface area contributed by atoms with E-state index in [9.17, 15) is 4.39 Å². The Labute approximate surface area is 96.5 Å². The quantitative estimate of drug-likeness (QED) is 0.842. The maximum atomic E-state index is 13.9. The monoisotopic (exact) mass is 222 g/mol. The molecule has 1 saturated carbocycles. The van der Waals surface area contributed by atoms with Crippen LogP contribution in [0.25, 0.3) is 0 Å². The maximum absolute atomic E-state index is 13.9. The summed E-state index contributed by atoms with van der Waals surface area (Å²) < 4.78 is 13.9. The highest BCUT2D eigenvalue weighted by atomic mass is 19.1. The molecular formula is C13H19FN2. The number of hydrogen-bond acceptors (Lipinski definition) is 2. The van der Waals surface area contributed by atoms with E-state index in [1.165, 1.54) is 18.9 Å². The minimum atomic E-state index is -0.119. The van der Waals surface area contributed by atoms with Gasteiger partial charge in [-0.25, -0.2) is 4.39 Å². The SMILES string of the molecule is CNC(C)c1c(F)cccc1N(C)C1CC1. The molecular weight excluding hydrogens is 203 g/mol. The van der Waals surface area contributed by atoms with Gasteiger partial charge in [-0.2, -0.15) is 0 Å². The minimum absolute atomic E-state index is 0.0393. The van der Waals surface area contributed by atoms with Crippen molar-refractivity contribution in [1.29, 1.82) is 0 Å². The summed E-state index contributed by atoms with van der Waals surface area (Å²) in [6.07, 6.45) is 2.45. The number of rotatable bonds is 4. The Morgan fingerprint density at radius 3 is 2.69 bits per heavy atom. The van der Waals surface area contributed by atoms with Gasteiger partial charge in [-0.15, -0.1) is 0 Å². The van der Waals surface area contributed by atoms with Crippen molar-refractivity contribution in [3.63, 3.8) is 0 Å². The first-order valence-electron chi connectivity index (χ1n) is 5.83. The topological polar surface area (TPSA) is 15.3 Å². The van der Waals surface area contributed by atoms with Crippen molar-refractivity contribution in [2.24, 2.45) is 0 Å². The van der Waals surface area contributed by atoms with Crippen LogP contribution >= 0.6 is 0 Å². The number of benzene rings is 1. The largest absolute Gasteiger partial charge is 0.371 e. The van der Waals surface area contributed by atoms with Gasteiger partial charge in [0, 0.05) is 30.4 Å². The second-order valence-corrected chi connectivity index (χ2v) is 4.53. The number of hydrogen-bond donors (Lipinski definition) is 1. The number of nitrogens with zero attached hydrogens (tertiary/aromatic N) is 1. The average molecular weight is 222 g/mol. The normalized spacial score (nSPS) is 17.2. The van der Waals surface area contributed by atoms with Crippen molar-refractivity contribution in [1.82, 2.24) is 5.32 Å². The van der Waals surface area contributed by atoms with E-state index in [2.05, 4.69) is 17.3 Å². The third-order valence-electron chi connectivity index (χ3n) is 3.37. The van der Waals surface area contributed by atoms with Crippen molar-refractivity contribution in [3.05, 3.63) is 29.6 Å². The van der Waals surface area contributed by atoms with Gasteiger partial charge < -0.3 is 10.2 Å². The maximum Gasteiger partial charge on any atom is 0.130 e. The first-order valence-corrected chi connectivity index (χ1v) is 5.83. The third kappa shape index (κ3) is 2.05. The van der Waals surface area contributed by atoms with Crippen LogP contribution in [0.15, 0.2) is 18.2 Å². The molecule has 1 aromatic rings. The molecule has 0 spiro atoms. The van der Waals surface area contributed by atoms with Crippen LogP contribution < -0.4 is 10.2 Å². The molecule has 2 rings (SSSR count). The van der Waals surface area contributed by atoms with Crippen LogP contribution in [0.5, 0.6) is 0 Å². The Hall–Kier alpha value is -1.09. The first-order chi connectivity index (χ1) is 7.65. The summed E-state index contributed by atoms with van der Waals surface area (Å²) in [4.78, 5) is 2.20. The average Bonchev–Trinajstić information content (AvgIpc) is 3.10. The molecule has 0 radical (unpaired) electrons. The van der Waals surface area contributed by atoms with Crippen LogP contribution in [0, 0.1) is 5.82 Å². The fraction of sp³-hybridized carbons (Fsp3) is 0.538. The van der Waals surface area contributed by atoms with Gasteiger partial charge in [0.1, 0.15) is 5.82 Å². The molecule has 2 nitrogen and oxygen atoms in total. The molecule has 88 valence electrons. The van der Waals surface area contributed by atoms with Crippen LogP contribution in [0.1, 0.15) is 31.4 Å². The fourth-order valence-electron chi connectivity index (χ4n) is 2.06. The van der Waals surface area contributed by atoms with Crippen LogP contribution in [0.4, 0.5) is 10.1 Å². The highest BCUT2D eigenvalue weighted by molar-refractivity contribution is 5.56. The summed E-state index contributed by atoms with van der Waals surface area (Å²) >= 11 is 0. The van der Waals surface area contributed by atoms with E-state index >= 15 is 0 Å². The first kappa shape index (κ1) is 11.4. The van der Waals surface area contributed by atoms with Crippen molar-refractivity contribution >= 4 is 5.69 Å². The van der Waals surface area contributed by atoms with Gasteiger partial charge in [0.25, 0.3) is 0 Å². The molecule has 1 atom stereocenters. The van der Waals surface area contributed by atoms with Crippen LogP contribution in [-0.4, -0.2) is 20.1 Å². The number of nitrogens with one attached hydrogen (secondary N) is 1. The molecule has 1 aliphatic carbocycles. The summed E-state index contributed by atoms with van der Waals surface area (Å²) in [5.41, 5.74) is 1.80. The predicted molar refractivity (Wildman–Crippen MR) is 65.3 cm³/mol. The van der Waals surface area contributed by atoms with E-state index in [1.54, 1.807) is 6.07 Å². The predicted octanol–water partition coefficient (Wildman–Crippen LogP) is 2.70. The number of halogens is 1. The molecule has 1 unspecified atom stereocenters. The van der Waals surface area contributed by atoms with Crippen molar-refractivity contribution in [2.45, 2.75) is 31.8 Å². The standard InChI is InChI=1S/C13H19FN2/c1-9(15-2)13-11(14)5-4-6-12(13)16(3)10-7-8-10/h4-6,9-10,15H,7-8H2,1-3H3. The van der Waals surface area contributed by atoms with Crippen LogP contribution in [-0.2, 0) is 0 Å². The van der Waals surface area contributed by atoms with Gasteiger partial charge >= 0.3 is 0 Å². The van der Waals surface area contributed by atoms with E-state index in [0.717, 1.165) is 11.3 Å². The molecule has 0 aromatic heterocycles. The summed E-state index contributed by atoms with van der Waals surface area (Å²) in [5, 5.41) is 3.11. The Kier molecular flexibility index (Phi) is 3.15. The molecule has 1 N–H and O–H groups in total. The van der Waals surface area contributed by atoms with Crippen LogP contribution in [0.3, 0.4) is 0 Å². The molecule has 0 heterocycles. The summed E-state index contributed by atoms with van der Waals surface area (Å²) in [6, 6.07) is 5.97. The Morgan fingerprint density at radius 2 is 2.12 bits per heavy atom. The smallest absolute Gasteiger partial charge is 0.130 e. The Balaban J connectivity index is 2.38. The van der Waals surface area contributed by atoms with Gasteiger partial charge in [-0.1, -0.05) is 6.07 Å². The summed E-state index contributed by atoms with van der Waals surface area (Å²) in [7, 11) is 3.91. The van der Waals surface area contributed by atoms with Crippen molar-refractivity contribution in [3.8, 4) is 0 Å². The van der Waals surface area contributed by atoms with Gasteiger partial charge in [-0.3, -0.25) is 0 Å². The van der Waals surface area contributed by atoms with Crippen molar-refractivity contribution in [2.75, 3.05) is 19.0 Å². The molecule has 16 heavy (non-hydrogen) atoms. The Morgan fingerprint density at radius 1 is 1.44 bits per heavy atom. The zero-order valence-corrected chi connectivity index (χ0v) is 10.1. The summed E-state index contributed by atoms with van der Waals surface area (Å²) in [5.74, 6) is -0.119. The molecule has 0 saturated heterocycles. The molecule has 1 aliphatic rings. The molecule has 0 amide bonds. The molecule has 1 fully saturated rings. The van der Waals surface area contributed by atoms with Gasteiger partial charge in [-0.05, 0) is 38.9 Å². The van der Waals surface area contributed by atoms with Gasteiger partial charge in [0.15, 0.2) is 0 Å². The zero-order chi connectivity index (χ0) is 11.7. The van der Waals surface area contributed by atoms with E-state index in [0.29, 0.717) is 6.04 Å². The van der Waals surface area contributed by atoms with Gasteiger partial charge in [0.2, 0.25) is 0 Å². The Bertz CT molecular complexity index is 374. The van der Waals surface area contributed by atoms with E-state index in [1.807, 2.05) is 20.0 Å².